The van der Waals surface area contributed by atoms with Crippen LogP contribution in [0.1, 0.15) is 30.3 Å². The van der Waals surface area contributed by atoms with Gasteiger partial charge in [0, 0.05) is 35.8 Å². The Hall–Kier alpha value is -0.840. The van der Waals surface area contributed by atoms with Gasteiger partial charge in [0.15, 0.2) is 0 Å². The number of aromatic nitrogens is 2. The van der Waals surface area contributed by atoms with Gasteiger partial charge in [-0.2, -0.15) is 5.10 Å². The summed E-state index contributed by atoms with van der Waals surface area (Å²) in [6, 6.07) is 4.38. The third-order valence-electron chi connectivity index (χ3n) is 2.93. The number of hydrogen-bond acceptors (Lipinski definition) is 3. The largest absolute Gasteiger partial charge is 0.310 e. The standard InChI is InChI=1S/C13H18ClN3S/c1-3-17-9-11(8-16-17)10(2)15-7-6-12-4-5-13(14)18-12/h4-5,8-10,15H,3,6-7H2,1-2H3. The molecular formula is C13H18ClN3S. The third kappa shape index (κ3) is 3.57. The lowest BCUT2D eigenvalue weighted by Crippen LogP contribution is -2.20. The summed E-state index contributed by atoms with van der Waals surface area (Å²) in [5.41, 5.74) is 1.24. The Morgan fingerprint density at radius 2 is 2.33 bits per heavy atom. The maximum Gasteiger partial charge on any atom is 0.0931 e. The zero-order valence-electron chi connectivity index (χ0n) is 10.7. The lowest BCUT2D eigenvalue weighted by atomic mass is 10.2. The highest BCUT2D eigenvalue weighted by atomic mass is 35.5. The van der Waals surface area contributed by atoms with Gasteiger partial charge in [-0.05, 0) is 32.4 Å². The Bertz CT molecular complexity index is 492. The van der Waals surface area contributed by atoms with E-state index in [2.05, 4.69) is 36.5 Å². The fourth-order valence-electron chi connectivity index (χ4n) is 1.79. The van der Waals surface area contributed by atoms with Gasteiger partial charge in [-0.15, -0.1) is 11.3 Å². The SMILES string of the molecule is CCn1cc(C(C)NCCc2ccc(Cl)s2)cn1. The summed E-state index contributed by atoms with van der Waals surface area (Å²) in [5, 5.41) is 7.79. The Balaban J connectivity index is 1.79. The van der Waals surface area contributed by atoms with E-state index in [9.17, 15) is 0 Å². The van der Waals surface area contributed by atoms with Crippen molar-refractivity contribution in [2.24, 2.45) is 0 Å². The molecule has 0 fully saturated rings. The van der Waals surface area contributed by atoms with Gasteiger partial charge in [-0.25, -0.2) is 0 Å². The molecule has 2 aromatic rings. The van der Waals surface area contributed by atoms with Gasteiger partial charge in [0.05, 0.1) is 10.5 Å². The normalized spacial score (nSPS) is 12.8. The zero-order valence-corrected chi connectivity index (χ0v) is 12.3. The third-order valence-corrected chi connectivity index (χ3v) is 4.22. The highest BCUT2D eigenvalue weighted by Crippen LogP contribution is 2.21. The van der Waals surface area contributed by atoms with Gasteiger partial charge >= 0.3 is 0 Å². The van der Waals surface area contributed by atoms with Gasteiger partial charge in [0.25, 0.3) is 0 Å². The van der Waals surface area contributed by atoms with Crippen LogP contribution in [0.3, 0.4) is 0 Å². The molecule has 1 atom stereocenters. The highest BCUT2D eigenvalue weighted by Gasteiger charge is 2.07. The molecule has 2 heterocycles. The van der Waals surface area contributed by atoms with Crippen LogP contribution in [-0.4, -0.2) is 16.3 Å². The fourth-order valence-corrected chi connectivity index (χ4v) is 2.88. The van der Waals surface area contributed by atoms with Crippen LogP contribution in [0.5, 0.6) is 0 Å². The van der Waals surface area contributed by atoms with E-state index in [1.807, 2.05) is 16.9 Å². The van der Waals surface area contributed by atoms with E-state index in [1.165, 1.54) is 10.4 Å². The summed E-state index contributed by atoms with van der Waals surface area (Å²) in [5.74, 6) is 0. The number of aryl methyl sites for hydroxylation is 1. The first kappa shape index (κ1) is 13.6. The first-order valence-electron chi connectivity index (χ1n) is 6.19. The lowest BCUT2D eigenvalue weighted by Gasteiger charge is -2.11. The number of halogens is 1. The maximum absolute atomic E-state index is 5.90. The molecule has 0 bridgehead atoms. The summed E-state index contributed by atoms with van der Waals surface area (Å²) >= 11 is 7.56. The van der Waals surface area contributed by atoms with Crippen LogP contribution in [0.4, 0.5) is 0 Å². The molecule has 98 valence electrons. The number of nitrogens with zero attached hydrogens (tertiary/aromatic N) is 2. The predicted octanol–water partition coefficient (Wildman–Crippen LogP) is 3.51. The van der Waals surface area contributed by atoms with E-state index >= 15 is 0 Å². The van der Waals surface area contributed by atoms with Crippen molar-refractivity contribution < 1.29 is 0 Å². The van der Waals surface area contributed by atoms with Crippen LogP contribution in [0, 0.1) is 0 Å². The second-order valence-corrected chi connectivity index (χ2v) is 6.06. The smallest absolute Gasteiger partial charge is 0.0931 e. The molecule has 0 spiro atoms. The van der Waals surface area contributed by atoms with E-state index < -0.39 is 0 Å². The van der Waals surface area contributed by atoms with Crippen molar-refractivity contribution in [3.05, 3.63) is 39.3 Å². The van der Waals surface area contributed by atoms with Crippen molar-refractivity contribution in [2.75, 3.05) is 6.54 Å². The van der Waals surface area contributed by atoms with Gasteiger partial charge in [-0.1, -0.05) is 11.6 Å². The second kappa shape index (κ2) is 6.36. The average molecular weight is 284 g/mol. The molecule has 0 saturated heterocycles. The van der Waals surface area contributed by atoms with E-state index in [-0.39, 0.29) is 0 Å². The minimum absolute atomic E-state index is 0.334. The van der Waals surface area contributed by atoms with Gasteiger partial charge < -0.3 is 5.32 Å². The molecule has 0 aliphatic rings. The van der Waals surface area contributed by atoms with Crippen LogP contribution < -0.4 is 5.32 Å². The van der Waals surface area contributed by atoms with Crippen LogP contribution in [0.25, 0.3) is 0 Å². The van der Waals surface area contributed by atoms with Crippen molar-refractivity contribution in [3.8, 4) is 0 Å². The van der Waals surface area contributed by atoms with E-state index in [4.69, 9.17) is 11.6 Å². The van der Waals surface area contributed by atoms with Crippen molar-refractivity contribution in [3.63, 3.8) is 0 Å². The zero-order chi connectivity index (χ0) is 13.0. The van der Waals surface area contributed by atoms with E-state index in [0.29, 0.717) is 6.04 Å². The molecule has 0 radical (unpaired) electrons. The minimum atomic E-state index is 0.334. The van der Waals surface area contributed by atoms with Gasteiger partial charge in [0.1, 0.15) is 0 Å². The molecule has 0 aromatic carbocycles. The first-order chi connectivity index (χ1) is 8.69. The Labute approximate surface area is 117 Å². The summed E-state index contributed by atoms with van der Waals surface area (Å²) in [6.45, 7) is 6.13. The highest BCUT2D eigenvalue weighted by molar-refractivity contribution is 7.16. The predicted molar refractivity (Wildman–Crippen MR) is 77.4 cm³/mol. The molecular weight excluding hydrogens is 266 g/mol. The molecule has 0 aliphatic carbocycles. The van der Waals surface area contributed by atoms with Crippen molar-refractivity contribution in [1.29, 1.82) is 0 Å². The summed E-state index contributed by atoms with van der Waals surface area (Å²) < 4.78 is 2.81. The molecule has 3 nitrogen and oxygen atoms in total. The van der Waals surface area contributed by atoms with E-state index in [0.717, 1.165) is 23.8 Å². The topological polar surface area (TPSA) is 29.9 Å². The summed E-state index contributed by atoms with van der Waals surface area (Å²) in [6.07, 6.45) is 5.05. The number of hydrogen-bond donors (Lipinski definition) is 1. The molecule has 0 aliphatic heterocycles. The number of thiophene rings is 1. The summed E-state index contributed by atoms with van der Waals surface area (Å²) in [7, 11) is 0. The number of nitrogens with one attached hydrogen (secondary N) is 1. The molecule has 5 heteroatoms. The minimum Gasteiger partial charge on any atom is -0.310 e. The van der Waals surface area contributed by atoms with Gasteiger partial charge in [0.2, 0.25) is 0 Å². The maximum atomic E-state index is 5.90. The van der Waals surface area contributed by atoms with Crippen molar-refractivity contribution in [1.82, 2.24) is 15.1 Å². The quantitative estimate of drug-likeness (QED) is 0.879. The van der Waals surface area contributed by atoms with Crippen LogP contribution >= 0.6 is 22.9 Å². The fraction of sp³-hybridized carbons (Fsp3) is 0.462. The molecule has 2 rings (SSSR count). The van der Waals surface area contributed by atoms with Gasteiger partial charge in [-0.3, -0.25) is 4.68 Å². The van der Waals surface area contributed by atoms with Crippen molar-refractivity contribution >= 4 is 22.9 Å². The average Bonchev–Trinajstić information content (AvgIpc) is 2.98. The van der Waals surface area contributed by atoms with Crippen LogP contribution in [0.15, 0.2) is 24.5 Å². The first-order valence-corrected chi connectivity index (χ1v) is 7.38. The molecule has 0 amide bonds. The second-order valence-electron chi connectivity index (χ2n) is 4.26. The molecule has 2 aromatic heterocycles. The molecule has 0 saturated carbocycles. The lowest BCUT2D eigenvalue weighted by molar-refractivity contribution is 0.576. The van der Waals surface area contributed by atoms with Crippen molar-refractivity contribution in [2.45, 2.75) is 32.9 Å². The molecule has 1 N–H and O–H groups in total. The molecule has 18 heavy (non-hydrogen) atoms. The molecule has 1 unspecified atom stereocenters. The Morgan fingerprint density at radius 3 is 2.94 bits per heavy atom. The van der Waals surface area contributed by atoms with E-state index in [1.54, 1.807) is 11.3 Å². The Kier molecular flexibility index (Phi) is 4.80. The monoisotopic (exact) mass is 283 g/mol. The Morgan fingerprint density at radius 1 is 1.50 bits per heavy atom. The van der Waals surface area contributed by atoms with Crippen LogP contribution in [0.2, 0.25) is 4.34 Å². The summed E-state index contributed by atoms with van der Waals surface area (Å²) in [4.78, 5) is 1.32. The van der Waals surface area contributed by atoms with Crippen LogP contribution in [-0.2, 0) is 13.0 Å². The number of rotatable bonds is 6.